The van der Waals surface area contributed by atoms with Crippen LogP contribution in [0.15, 0.2) is 30.3 Å². The Hall–Kier alpha value is -2.08. The Bertz CT molecular complexity index is 672. The summed E-state index contributed by atoms with van der Waals surface area (Å²) in [5.74, 6) is 0.202. The zero-order valence-corrected chi connectivity index (χ0v) is 15.5. The first-order valence-electron chi connectivity index (χ1n) is 9.76. The first kappa shape index (κ1) is 17.3. The van der Waals surface area contributed by atoms with Crippen molar-refractivity contribution < 1.29 is 9.59 Å². The minimum Gasteiger partial charge on any atom is -0.369 e. The molecule has 6 nitrogen and oxygen atoms in total. The minimum absolute atomic E-state index is 0.0137. The summed E-state index contributed by atoms with van der Waals surface area (Å²) < 4.78 is 0. The molecule has 3 fully saturated rings. The lowest BCUT2D eigenvalue weighted by Crippen LogP contribution is -2.55. The number of para-hydroxylation sites is 1. The Morgan fingerprint density at radius 1 is 1.08 bits per heavy atom. The van der Waals surface area contributed by atoms with Crippen LogP contribution in [0.1, 0.15) is 32.6 Å². The molecule has 1 N–H and O–H groups in total. The van der Waals surface area contributed by atoms with Gasteiger partial charge in [-0.15, -0.1) is 0 Å². The van der Waals surface area contributed by atoms with Crippen LogP contribution in [-0.4, -0.2) is 60.1 Å². The molecule has 2 aliphatic heterocycles. The second-order valence-electron chi connectivity index (χ2n) is 7.86. The molecule has 2 unspecified atom stereocenters. The first-order valence-corrected chi connectivity index (χ1v) is 9.76. The van der Waals surface area contributed by atoms with E-state index in [0.717, 1.165) is 51.9 Å². The van der Waals surface area contributed by atoms with Gasteiger partial charge < -0.3 is 10.2 Å². The van der Waals surface area contributed by atoms with Crippen molar-refractivity contribution in [2.45, 2.75) is 38.1 Å². The molecule has 1 spiro atoms. The van der Waals surface area contributed by atoms with Crippen LogP contribution < -0.4 is 10.2 Å². The molecule has 0 bridgehead atoms. The fraction of sp³-hybridized carbons (Fsp3) is 0.600. The Morgan fingerprint density at radius 2 is 1.81 bits per heavy atom. The number of imide groups is 1. The molecule has 3 aliphatic rings. The number of piperazine rings is 1. The number of hydrogen-bond acceptors (Lipinski definition) is 4. The molecule has 1 aromatic carbocycles. The van der Waals surface area contributed by atoms with Crippen LogP contribution in [0.4, 0.5) is 10.5 Å². The van der Waals surface area contributed by atoms with Gasteiger partial charge in [0.1, 0.15) is 5.54 Å². The van der Waals surface area contributed by atoms with Crippen molar-refractivity contribution in [2.24, 2.45) is 5.92 Å². The highest BCUT2D eigenvalue weighted by atomic mass is 16.2. The molecule has 0 radical (unpaired) electrons. The van der Waals surface area contributed by atoms with Gasteiger partial charge in [-0.3, -0.25) is 9.69 Å². The van der Waals surface area contributed by atoms with Crippen molar-refractivity contribution in [3.8, 4) is 0 Å². The van der Waals surface area contributed by atoms with E-state index in [9.17, 15) is 9.59 Å². The molecular formula is C20H28N4O2. The Labute approximate surface area is 155 Å². The third-order valence-electron chi connectivity index (χ3n) is 6.34. The number of nitrogens with one attached hydrogen (secondary N) is 1. The van der Waals surface area contributed by atoms with Gasteiger partial charge in [-0.1, -0.05) is 38.0 Å². The predicted molar refractivity (Wildman–Crippen MR) is 101 cm³/mol. The van der Waals surface area contributed by atoms with E-state index in [0.29, 0.717) is 6.67 Å². The number of rotatable bonds is 3. The van der Waals surface area contributed by atoms with Crippen LogP contribution in [0.2, 0.25) is 0 Å². The average Bonchev–Trinajstić information content (AvgIpc) is 2.90. The van der Waals surface area contributed by atoms with Gasteiger partial charge in [-0.25, -0.2) is 9.69 Å². The predicted octanol–water partition coefficient (Wildman–Crippen LogP) is 2.27. The molecule has 1 saturated carbocycles. The molecule has 1 aromatic rings. The molecule has 6 heteroatoms. The summed E-state index contributed by atoms with van der Waals surface area (Å²) in [6.45, 7) is 6.04. The number of urea groups is 1. The summed E-state index contributed by atoms with van der Waals surface area (Å²) >= 11 is 0. The zero-order chi connectivity index (χ0) is 18.1. The van der Waals surface area contributed by atoms with E-state index in [1.807, 2.05) is 6.07 Å². The standard InChI is InChI=1S/C20H28N4O2/c1-16-7-5-6-10-20(16)18(25)24(19(26)21-20)15-22-11-13-23(14-12-22)17-8-3-2-4-9-17/h2-4,8-9,16H,5-7,10-15H2,1H3,(H,21,26). The molecule has 2 atom stereocenters. The highest BCUT2D eigenvalue weighted by Gasteiger charge is 2.55. The van der Waals surface area contributed by atoms with E-state index < -0.39 is 5.54 Å². The van der Waals surface area contributed by atoms with Gasteiger partial charge in [0, 0.05) is 31.9 Å². The lowest BCUT2D eigenvalue weighted by Gasteiger charge is -2.38. The van der Waals surface area contributed by atoms with Gasteiger partial charge in [0.2, 0.25) is 0 Å². The van der Waals surface area contributed by atoms with Crippen molar-refractivity contribution in [2.75, 3.05) is 37.7 Å². The Kier molecular flexibility index (Phi) is 4.61. The minimum atomic E-state index is -0.652. The lowest BCUT2D eigenvalue weighted by molar-refractivity contribution is -0.135. The summed E-state index contributed by atoms with van der Waals surface area (Å²) in [6, 6.07) is 10.2. The maximum atomic E-state index is 13.1. The van der Waals surface area contributed by atoms with Crippen LogP contribution in [-0.2, 0) is 4.79 Å². The SMILES string of the molecule is CC1CCCCC12NC(=O)N(CN1CCN(c3ccccc3)CC1)C2=O. The second-order valence-corrected chi connectivity index (χ2v) is 7.86. The van der Waals surface area contributed by atoms with Gasteiger partial charge in [-0.05, 0) is 30.9 Å². The fourth-order valence-corrected chi connectivity index (χ4v) is 4.61. The molecule has 4 rings (SSSR count). The maximum Gasteiger partial charge on any atom is 0.326 e. The number of carbonyl (C=O) groups is 2. The van der Waals surface area contributed by atoms with Crippen molar-refractivity contribution >= 4 is 17.6 Å². The number of amides is 3. The highest BCUT2D eigenvalue weighted by Crippen LogP contribution is 2.38. The van der Waals surface area contributed by atoms with Crippen molar-refractivity contribution in [3.05, 3.63) is 30.3 Å². The summed E-state index contributed by atoms with van der Waals surface area (Å²) in [7, 11) is 0. The van der Waals surface area contributed by atoms with E-state index in [4.69, 9.17) is 0 Å². The summed E-state index contributed by atoms with van der Waals surface area (Å²) in [6.07, 6.45) is 3.94. The van der Waals surface area contributed by atoms with Crippen molar-refractivity contribution in [1.82, 2.24) is 15.1 Å². The number of benzene rings is 1. The zero-order valence-electron chi connectivity index (χ0n) is 15.5. The van der Waals surface area contributed by atoms with Crippen LogP contribution in [0.5, 0.6) is 0 Å². The van der Waals surface area contributed by atoms with E-state index in [1.165, 1.54) is 10.6 Å². The smallest absolute Gasteiger partial charge is 0.326 e. The number of nitrogens with zero attached hydrogens (tertiary/aromatic N) is 3. The fourth-order valence-electron chi connectivity index (χ4n) is 4.61. The molecule has 2 heterocycles. The summed E-state index contributed by atoms with van der Waals surface area (Å²) in [4.78, 5) is 31.6. The molecule has 1 aliphatic carbocycles. The molecular weight excluding hydrogens is 328 g/mol. The second kappa shape index (κ2) is 6.91. The maximum absolute atomic E-state index is 13.1. The van der Waals surface area contributed by atoms with E-state index >= 15 is 0 Å². The first-order chi connectivity index (χ1) is 12.6. The average molecular weight is 356 g/mol. The Balaban J connectivity index is 1.38. The third-order valence-corrected chi connectivity index (χ3v) is 6.34. The van der Waals surface area contributed by atoms with Gasteiger partial charge in [-0.2, -0.15) is 0 Å². The lowest BCUT2D eigenvalue weighted by atomic mass is 9.73. The van der Waals surface area contributed by atoms with Gasteiger partial charge in [0.25, 0.3) is 5.91 Å². The van der Waals surface area contributed by atoms with Crippen molar-refractivity contribution in [1.29, 1.82) is 0 Å². The van der Waals surface area contributed by atoms with Crippen LogP contribution in [0.25, 0.3) is 0 Å². The van der Waals surface area contributed by atoms with Crippen LogP contribution >= 0.6 is 0 Å². The monoisotopic (exact) mass is 356 g/mol. The molecule has 3 amide bonds. The summed E-state index contributed by atoms with van der Waals surface area (Å²) in [5, 5.41) is 3.04. The Morgan fingerprint density at radius 3 is 2.50 bits per heavy atom. The van der Waals surface area contributed by atoms with Gasteiger partial charge in [0.15, 0.2) is 0 Å². The molecule has 0 aromatic heterocycles. The number of hydrogen-bond donors (Lipinski definition) is 1. The van der Waals surface area contributed by atoms with Crippen LogP contribution in [0.3, 0.4) is 0 Å². The quantitative estimate of drug-likeness (QED) is 0.844. The normalized spacial score (nSPS) is 30.1. The number of carbonyl (C=O) groups excluding carboxylic acids is 2. The largest absolute Gasteiger partial charge is 0.369 e. The van der Waals surface area contributed by atoms with Gasteiger partial charge >= 0.3 is 6.03 Å². The van der Waals surface area contributed by atoms with E-state index in [1.54, 1.807) is 0 Å². The third kappa shape index (κ3) is 2.96. The molecule has 2 saturated heterocycles. The number of anilines is 1. The topological polar surface area (TPSA) is 55.9 Å². The van der Waals surface area contributed by atoms with Gasteiger partial charge in [0.05, 0.1) is 6.67 Å². The highest BCUT2D eigenvalue weighted by molar-refractivity contribution is 6.07. The molecule has 26 heavy (non-hydrogen) atoms. The van der Waals surface area contributed by atoms with Crippen molar-refractivity contribution in [3.63, 3.8) is 0 Å². The van der Waals surface area contributed by atoms with E-state index in [2.05, 4.69) is 46.3 Å². The van der Waals surface area contributed by atoms with Crippen LogP contribution in [0, 0.1) is 5.92 Å². The summed E-state index contributed by atoms with van der Waals surface area (Å²) in [5.41, 5.74) is 0.582. The van der Waals surface area contributed by atoms with E-state index in [-0.39, 0.29) is 17.9 Å². The molecule has 140 valence electrons.